The Balaban J connectivity index is 2.01. The average Bonchev–Trinajstić information content (AvgIpc) is 2.61. The fraction of sp³-hybridized carbons (Fsp3) is 0.263. The molecule has 5 nitrogen and oxygen atoms in total. The van der Waals surface area contributed by atoms with Crippen LogP contribution in [-0.4, -0.2) is 32.0 Å². The number of halogens is 2. The predicted octanol–water partition coefficient (Wildman–Crippen LogP) is 3.20. The van der Waals surface area contributed by atoms with Crippen molar-refractivity contribution >= 4 is 29.1 Å². The van der Waals surface area contributed by atoms with Gasteiger partial charge < -0.3 is 10.1 Å². The highest BCUT2D eigenvalue weighted by atomic mass is 35.5. The monoisotopic (exact) mass is 378 g/mol. The fourth-order valence-electron chi connectivity index (χ4n) is 2.48. The van der Waals surface area contributed by atoms with Gasteiger partial charge in [0.1, 0.15) is 18.1 Å². The third-order valence-corrected chi connectivity index (χ3v) is 4.02. The van der Waals surface area contributed by atoms with Crippen LogP contribution in [0.15, 0.2) is 42.5 Å². The second-order valence-electron chi connectivity index (χ2n) is 5.61. The highest BCUT2D eigenvalue weighted by Crippen LogP contribution is 2.31. The van der Waals surface area contributed by atoms with E-state index in [0.29, 0.717) is 28.4 Å². The number of benzene rings is 2. The van der Waals surface area contributed by atoms with Crippen molar-refractivity contribution in [1.29, 1.82) is 0 Å². The molecule has 1 N–H and O–H groups in total. The van der Waals surface area contributed by atoms with Crippen LogP contribution >= 0.6 is 11.6 Å². The Labute approximate surface area is 156 Å². The van der Waals surface area contributed by atoms with Crippen molar-refractivity contribution in [1.82, 2.24) is 5.32 Å². The average molecular weight is 379 g/mol. The zero-order chi connectivity index (χ0) is 19.1. The lowest BCUT2D eigenvalue weighted by atomic mass is 10.1. The van der Waals surface area contributed by atoms with E-state index in [1.54, 1.807) is 36.4 Å². The molecule has 0 aromatic heterocycles. The lowest BCUT2D eigenvalue weighted by molar-refractivity contribution is -0.123. The van der Waals surface area contributed by atoms with Gasteiger partial charge in [-0.25, -0.2) is 4.39 Å². The molecule has 0 bridgehead atoms. The van der Waals surface area contributed by atoms with Crippen LogP contribution in [0.25, 0.3) is 0 Å². The molecule has 138 valence electrons. The minimum Gasteiger partial charge on any atom is -0.495 e. The molecule has 0 aliphatic heterocycles. The van der Waals surface area contributed by atoms with Crippen molar-refractivity contribution in [3.63, 3.8) is 0 Å². The van der Waals surface area contributed by atoms with Gasteiger partial charge in [0.2, 0.25) is 11.8 Å². The van der Waals surface area contributed by atoms with Gasteiger partial charge in [-0.1, -0.05) is 29.8 Å². The van der Waals surface area contributed by atoms with Crippen LogP contribution in [0, 0.1) is 5.82 Å². The number of rotatable bonds is 7. The van der Waals surface area contributed by atoms with E-state index in [-0.39, 0.29) is 30.7 Å². The molecule has 2 rings (SSSR count). The summed E-state index contributed by atoms with van der Waals surface area (Å²) in [6.45, 7) is 1.43. The Hall–Kier alpha value is -2.60. The zero-order valence-corrected chi connectivity index (χ0v) is 15.3. The lowest BCUT2D eigenvalue weighted by Gasteiger charge is -2.23. The summed E-state index contributed by atoms with van der Waals surface area (Å²) in [6.07, 6.45) is 0.360. The Kier molecular flexibility index (Phi) is 6.97. The maximum Gasteiger partial charge on any atom is 0.240 e. The number of anilines is 1. The van der Waals surface area contributed by atoms with Gasteiger partial charge in [-0.15, -0.1) is 0 Å². The van der Waals surface area contributed by atoms with Crippen molar-refractivity contribution in [3.05, 3.63) is 58.9 Å². The summed E-state index contributed by atoms with van der Waals surface area (Å²) in [5.74, 6) is -0.562. The molecule has 0 heterocycles. The van der Waals surface area contributed by atoms with Crippen molar-refractivity contribution in [2.45, 2.75) is 13.3 Å². The molecule has 0 aliphatic carbocycles. The van der Waals surface area contributed by atoms with Crippen LogP contribution in [0.2, 0.25) is 5.02 Å². The maximum absolute atomic E-state index is 13.6. The van der Waals surface area contributed by atoms with Crippen LogP contribution in [0.1, 0.15) is 12.5 Å². The summed E-state index contributed by atoms with van der Waals surface area (Å²) < 4.78 is 18.8. The van der Waals surface area contributed by atoms with E-state index in [1.807, 2.05) is 0 Å². The van der Waals surface area contributed by atoms with Crippen molar-refractivity contribution < 1.29 is 18.7 Å². The number of nitrogens with zero attached hydrogens (tertiary/aromatic N) is 1. The molecule has 2 aromatic carbocycles. The van der Waals surface area contributed by atoms with Crippen molar-refractivity contribution in [2.75, 3.05) is 25.1 Å². The van der Waals surface area contributed by atoms with Gasteiger partial charge in [-0.2, -0.15) is 0 Å². The predicted molar refractivity (Wildman–Crippen MR) is 99.1 cm³/mol. The summed E-state index contributed by atoms with van der Waals surface area (Å²) >= 11 is 6.00. The van der Waals surface area contributed by atoms with E-state index < -0.39 is 0 Å². The third-order valence-electron chi connectivity index (χ3n) is 3.79. The highest BCUT2D eigenvalue weighted by Gasteiger charge is 2.19. The molecule has 0 fully saturated rings. The van der Waals surface area contributed by atoms with E-state index in [4.69, 9.17) is 16.3 Å². The van der Waals surface area contributed by atoms with E-state index >= 15 is 0 Å². The van der Waals surface area contributed by atoms with Crippen LogP contribution in [-0.2, 0) is 16.0 Å². The van der Waals surface area contributed by atoms with Crippen molar-refractivity contribution in [2.24, 2.45) is 0 Å². The molecule has 0 saturated carbocycles. The van der Waals surface area contributed by atoms with E-state index in [1.165, 1.54) is 25.0 Å². The van der Waals surface area contributed by atoms with Gasteiger partial charge >= 0.3 is 0 Å². The second kappa shape index (κ2) is 9.20. The van der Waals surface area contributed by atoms with Crippen LogP contribution in [0.4, 0.5) is 10.1 Å². The van der Waals surface area contributed by atoms with Gasteiger partial charge in [0.25, 0.3) is 0 Å². The number of amides is 2. The van der Waals surface area contributed by atoms with Crippen LogP contribution in [0.3, 0.4) is 0 Å². The Morgan fingerprint density at radius 3 is 2.62 bits per heavy atom. The first kappa shape index (κ1) is 19.7. The largest absolute Gasteiger partial charge is 0.495 e. The summed E-state index contributed by atoms with van der Waals surface area (Å²) in [6, 6.07) is 11.2. The first-order chi connectivity index (χ1) is 12.4. The maximum atomic E-state index is 13.6. The van der Waals surface area contributed by atoms with Gasteiger partial charge in [0.05, 0.1) is 12.8 Å². The summed E-state index contributed by atoms with van der Waals surface area (Å²) in [7, 11) is 1.47. The van der Waals surface area contributed by atoms with Gasteiger partial charge in [0.15, 0.2) is 0 Å². The summed E-state index contributed by atoms with van der Waals surface area (Å²) in [5, 5.41) is 3.12. The van der Waals surface area contributed by atoms with E-state index in [2.05, 4.69) is 5.32 Å². The van der Waals surface area contributed by atoms with Gasteiger partial charge in [0, 0.05) is 18.5 Å². The molecule has 0 radical (unpaired) electrons. The lowest BCUT2D eigenvalue weighted by Crippen LogP contribution is -2.40. The van der Waals surface area contributed by atoms with Gasteiger partial charge in [-0.3, -0.25) is 14.5 Å². The standard InChI is InChI=1S/C19H20ClFN2O3/c1-13(24)23(17-11-15(20)7-8-18(17)26-2)12-19(25)22-10-9-14-5-3-4-6-16(14)21/h3-8,11H,9-10,12H2,1-2H3,(H,22,25). The number of hydrogen-bond acceptors (Lipinski definition) is 3. The fourth-order valence-corrected chi connectivity index (χ4v) is 2.64. The number of carbonyl (C=O) groups excluding carboxylic acids is 2. The van der Waals surface area contributed by atoms with Gasteiger partial charge in [-0.05, 0) is 36.2 Å². The quantitative estimate of drug-likeness (QED) is 0.805. The van der Waals surface area contributed by atoms with Crippen LogP contribution < -0.4 is 15.0 Å². The topological polar surface area (TPSA) is 58.6 Å². The molecule has 0 aliphatic rings. The second-order valence-corrected chi connectivity index (χ2v) is 6.05. The number of carbonyl (C=O) groups is 2. The molecule has 2 amide bonds. The molecule has 7 heteroatoms. The minimum absolute atomic E-state index is 0.191. The zero-order valence-electron chi connectivity index (χ0n) is 14.6. The van der Waals surface area contributed by atoms with E-state index in [9.17, 15) is 14.0 Å². The molecular formula is C19H20ClFN2O3. The number of ether oxygens (including phenoxy) is 1. The first-order valence-electron chi connectivity index (χ1n) is 8.04. The summed E-state index contributed by atoms with van der Waals surface area (Å²) in [4.78, 5) is 25.5. The molecule has 26 heavy (non-hydrogen) atoms. The highest BCUT2D eigenvalue weighted by molar-refractivity contribution is 6.31. The molecule has 2 aromatic rings. The number of methoxy groups -OCH3 is 1. The van der Waals surface area contributed by atoms with Crippen LogP contribution in [0.5, 0.6) is 5.75 Å². The SMILES string of the molecule is COc1ccc(Cl)cc1N(CC(=O)NCCc1ccccc1F)C(C)=O. The number of hydrogen-bond donors (Lipinski definition) is 1. The third kappa shape index (κ3) is 5.20. The molecule has 0 spiro atoms. The normalized spacial score (nSPS) is 10.3. The van der Waals surface area contributed by atoms with E-state index in [0.717, 1.165) is 0 Å². The number of nitrogens with one attached hydrogen (secondary N) is 1. The summed E-state index contributed by atoms with van der Waals surface area (Å²) in [5.41, 5.74) is 0.935. The Morgan fingerprint density at radius 1 is 1.23 bits per heavy atom. The molecule has 0 unspecified atom stereocenters. The van der Waals surface area contributed by atoms with Crippen molar-refractivity contribution in [3.8, 4) is 5.75 Å². The smallest absolute Gasteiger partial charge is 0.240 e. The minimum atomic E-state index is -0.362. The Bertz CT molecular complexity index is 798. The molecular weight excluding hydrogens is 359 g/mol. The molecule has 0 saturated heterocycles. The first-order valence-corrected chi connectivity index (χ1v) is 8.42. The Morgan fingerprint density at radius 2 is 1.96 bits per heavy atom. The molecule has 0 atom stereocenters.